The fourth-order valence-electron chi connectivity index (χ4n) is 13.0. The van der Waals surface area contributed by atoms with Gasteiger partial charge < -0.3 is 54.3 Å². The number of nitrogen functional groups attached to an aromatic ring is 1. The van der Waals surface area contributed by atoms with Gasteiger partial charge in [0.2, 0.25) is 0 Å². The van der Waals surface area contributed by atoms with Gasteiger partial charge in [0.05, 0.1) is 72.6 Å². The van der Waals surface area contributed by atoms with Crippen LogP contribution in [0, 0.1) is 34.1 Å². The Balaban J connectivity index is 0.000000341. The summed E-state index contributed by atoms with van der Waals surface area (Å²) in [4.78, 5) is 62.8. The predicted molar refractivity (Wildman–Crippen MR) is 568 cm³/mol. The molecular formula is C113H142N8O16S2. The highest BCUT2D eigenvalue weighted by molar-refractivity contribution is 7.91. The number of epoxide rings is 1. The molecule has 1 aliphatic rings. The zero-order valence-corrected chi connectivity index (χ0v) is 86.6. The van der Waals surface area contributed by atoms with Crippen LogP contribution in [-0.4, -0.2) is 97.5 Å². The zero-order valence-electron chi connectivity index (χ0n) is 85.0. The van der Waals surface area contributed by atoms with E-state index in [-0.39, 0.29) is 51.7 Å². The van der Waals surface area contributed by atoms with Crippen molar-refractivity contribution >= 4 is 103 Å². The second-order valence-corrected chi connectivity index (χ2v) is 37.9. The lowest BCUT2D eigenvalue weighted by Crippen LogP contribution is -2.25. The van der Waals surface area contributed by atoms with Gasteiger partial charge in [0.15, 0.2) is 19.7 Å². The van der Waals surface area contributed by atoms with E-state index in [0.29, 0.717) is 23.6 Å². The number of hydrogen-bond donors (Lipinski definition) is 6. The van der Waals surface area contributed by atoms with E-state index in [2.05, 4.69) is 111 Å². The highest BCUT2D eigenvalue weighted by Crippen LogP contribution is 2.35. The monoisotopic (exact) mass is 1930 g/mol. The lowest BCUT2D eigenvalue weighted by atomic mass is 10.0. The molecule has 1 saturated heterocycles. The summed E-state index contributed by atoms with van der Waals surface area (Å²) in [5.41, 5.74) is 17.1. The molecule has 0 amide bonds. The average molecular weight is 1930 g/mol. The Morgan fingerprint density at radius 1 is 0.446 bits per heavy atom. The minimum Gasteiger partial charge on any atom is -0.482 e. The summed E-state index contributed by atoms with van der Waals surface area (Å²) in [6.45, 7) is 48.5. The minimum atomic E-state index is -3.23. The number of nitro benzene ring substituents is 2. The maximum Gasteiger partial charge on any atom is 0.373 e. The molecule has 139 heavy (non-hydrogen) atoms. The number of sulfone groups is 2. The highest BCUT2D eigenvalue weighted by Gasteiger charge is 2.33. The molecule has 6 heterocycles. The number of fused-ring (bicyclic) bond motifs is 5. The van der Waals surface area contributed by atoms with Crippen LogP contribution in [0.3, 0.4) is 0 Å². The number of benzene rings is 11. The number of H-pyrrole nitrogens is 4. The molecule has 24 nitrogen and oxygen atoms in total. The van der Waals surface area contributed by atoms with Crippen LogP contribution < -0.4 is 19.9 Å². The Morgan fingerprint density at radius 2 is 0.741 bits per heavy atom. The molecule has 0 aliphatic carbocycles. The van der Waals surface area contributed by atoms with Crippen molar-refractivity contribution in [3.8, 4) is 17.2 Å². The van der Waals surface area contributed by atoms with Gasteiger partial charge in [-0.15, -0.1) is 0 Å². The number of ether oxygens (including phenoxy) is 4. The van der Waals surface area contributed by atoms with Crippen LogP contribution in [0.4, 0.5) is 17.1 Å². The minimum absolute atomic E-state index is 0.0516. The number of non-ortho nitro benzene ring substituents is 2. The summed E-state index contributed by atoms with van der Waals surface area (Å²) in [6.07, 6.45) is 4.78. The van der Waals surface area contributed by atoms with Gasteiger partial charge in [0.1, 0.15) is 39.8 Å². The number of Topliss-reactive ketones (excluding diaryl/α,β-unsaturated/α-hetero) is 1. The fraction of sp³-hybridized carbons (Fsp3) is 0.310. The second-order valence-electron chi connectivity index (χ2n) is 33.4. The van der Waals surface area contributed by atoms with Gasteiger partial charge in [-0.25, -0.2) is 16.8 Å². The number of ketones is 1. The molecule has 16 aromatic rings. The summed E-state index contributed by atoms with van der Waals surface area (Å²) in [7, 11) is -6.25. The number of nitrogens with two attached hydrogens (primary N) is 1. The molecule has 742 valence electrons. The van der Waals surface area contributed by atoms with E-state index < -0.39 is 51.9 Å². The Bertz CT molecular complexity index is 6490. The standard InChI is InChI=1S/C28H29NO4S.C17H16N2O3.C17H18N2O.C12H15NO.C9H12O2S.C8H7N.C7H7NO2.C4H8O.5C2H6.CO2/c1-4-34(31,32)25-15-11-21(12-16-25)18-23(30)17-20-9-13-24(14-10-20)33-28(2,3)27-19-22-7-5-6-8-26(22)29-27;1-17(2,16-11-12-5-3-4-6-15(12)18-16)22-14-9-7-13(8-10-14)19(20)21;1-17(2,20-14-9-7-13(18)8-10-14)16-11-12-5-3-4-6-15(12)19-16;1-12(2,14)9-13-8-7-10-5-3-4-6-11(10)13;1-3-12(10,11)9-6-4-8(2)5-7-9;1-2-4-8-7(3-1)5-6-9-8;1-6-2-4-7(5-3-6)8(9)10;1-4(2)3-5-4;5*1-2;2-1-3/h5-16,19,29H,4,17-18H2,1-3H3;3-11,18H,1-2H3;3-11,19H,18H2,1-2H3;3-8,14H,9H2,1-2H3;4-7H,3H2,1-2H3;1-6,9H;2-5H,1H3;3H2,1-2H3;5*1-2H3;. The van der Waals surface area contributed by atoms with Gasteiger partial charge in [0, 0.05) is 82.8 Å². The Kier molecular flexibility index (Phi) is 48.3. The largest absolute Gasteiger partial charge is 0.482 e. The SMILES string of the molecule is CC.CC.CC.CC.CC.CC(C)(O)Cn1ccc2ccccc21.CC(C)(Oc1ccc(N)cc1)c1cc2ccccc2[nH]1.CC(C)(Oc1ccc([N+](=O)[O-])cc1)c1cc2ccccc2[nH]1.CC1(C)CO1.CCS(=O)(=O)c1ccc(C)cc1.CCS(=O)(=O)c1ccc(CC(=O)Cc2ccc(OC(C)(C)c3cc4ccccc4[nH]3)cc2)cc1.Cc1ccc([N+](=O)[O-])cc1.O=C=O.c1ccc2[nH]ccc2c1. The number of nitrogens with zero attached hydrogens (tertiary/aromatic N) is 3. The normalized spacial score (nSPS) is 11.4. The average Bonchev–Trinajstić information content (AvgIpc) is 1.67. The number of carbonyl (C=O) groups is 1. The van der Waals surface area contributed by atoms with Gasteiger partial charge in [-0.2, -0.15) is 9.59 Å². The van der Waals surface area contributed by atoms with Crippen molar-refractivity contribution in [2.24, 2.45) is 0 Å². The van der Waals surface area contributed by atoms with E-state index in [0.717, 1.165) is 90.5 Å². The lowest BCUT2D eigenvalue weighted by molar-refractivity contribution is -0.385. The van der Waals surface area contributed by atoms with Crippen LogP contribution in [-0.2, 0) is 75.0 Å². The molecule has 0 atom stereocenters. The van der Waals surface area contributed by atoms with Gasteiger partial charge in [0.25, 0.3) is 11.4 Å². The molecule has 0 spiro atoms. The summed E-state index contributed by atoms with van der Waals surface area (Å²) in [6, 6.07) is 92.3. The van der Waals surface area contributed by atoms with Crippen LogP contribution in [0.25, 0.3) is 54.5 Å². The number of aromatic nitrogens is 5. The van der Waals surface area contributed by atoms with Crippen LogP contribution in [0.15, 0.2) is 319 Å². The molecular weight excluding hydrogens is 1790 g/mol. The van der Waals surface area contributed by atoms with Crippen LogP contribution in [0.2, 0.25) is 0 Å². The van der Waals surface area contributed by atoms with Crippen molar-refractivity contribution in [1.82, 2.24) is 24.5 Å². The third-order valence-electron chi connectivity index (χ3n) is 20.4. The van der Waals surface area contributed by atoms with Gasteiger partial charge in [-0.3, -0.25) is 25.0 Å². The van der Waals surface area contributed by atoms with Crippen molar-refractivity contribution in [2.75, 3.05) is 23.8 Å². The summed E-state index contributed by atoms with van der Waals surface area (Å²) >= 11 is 0. The predicted octanol–water partition coefficient (Wildman–Crippen LogP) is 27.7. The number of hydrogen-bond acceptors (Lipinski definition) is 17. The Morgan fingerprint density at radius 3 is 1.07 bits per heavy atom. The third-order valence-corrected chi connectivity index (χ3v) is 23.9. The molecule has 11 aromatic carbocycles. The third kappa shape index (κ3) is 39.2. The molecule has 5 aromatic heterocycles. The smallest absolute Gasteiger partial charge is 0.373 e. The number of nitro groups is 2. The number of nitrogens with one attached hydrogen (secondary N) is 4. The molecule has 1 fully saturated rings. The van der Waals surface area contributed by atoms with E-state index in [9.17, 15) is 47.0 Å². The van der Waals surface area contributed by atoms with Crippen LogP contribution in [0.1, 0.15) is 192 Å². The van der Waals surface area contributed by atoms with E-state index in [4.69, 9.17) is 34.3 Å². The molecule has 0 saturated carbocycles. The molecule has 7 N–H and O–H groups in total. The molecule has 0 radical (unpaired) electrons. The second kappa shape index (κ2) is 57.3. The first-order valence-corrected chi connectivity index (χ1v) is 50.1. The summed E-state index contributed by atoms with van der Waals surface area (Å²) in [5, 5.41) is 36.5. The molecule has 0 unspecified atom stereocenters. The van der Waals surface area contributed by atoms with E-state index >= 15 is 0 Å². The van der Waals surface area contributed by atoms with Crippen molar-refractivity contribution in [1.29, 1.82) is 0 Å². The number of carbonyl (C=O) groups excluding carboxylic acids is 3. The van der Waals surface area contributed by atoms with Gasteiger partial charge in [-0.05, 0) is 255 Å². The number of anilines is 1. The van der Waals surface area contributed by atoms with Crippen molar-refractivity contribution < 1.29 is 65.1 Å². The molecule has 26 heteroatoms. The molecule has 17 rings (SSSR count). The molecule has 0 bridgehead atoms. The first-order chi connectivity index (χ1) is 66.1. The summed E-state index contributed by atoms with van der Waals surface area (Å²) in [5.74, 6) is 2.42. The zero-order chi connectivity index (χ0) is 104. The number of aliphatic hydroxyl groups is 1. The number of aryl methyl sites for hydroxylation is 2. The van der Waals surface area contributed by atoms with E-state index in [1.54, 1.807) is 74.5 Å². The number of aromatic amines is 4. The number of para-hydroxylation sites is 5. The van der Waals surface area contributed by atoms with E-state index in [1.165, 1.54) is 51.5 Å². The highest BCUT2D eigenvalue weighted by atomic mass is 32.2. The van der Waals surface area contributed by atoms with Crippen LogP contribution >= 0.6 is 0 Å². The summed E-state index contributed by atoms with van der Waals surface area (Å²) < 4.78 is 71.8. The topological polar surface area (TPSA) is 360 Å². The van der Waals surface area contributed by atoms with Gasteiger partial charge in [-0.1, -0.05) is 234 Å². The fourth-order valence-corrected chi connectivity index (χ4v) is 14.8. The lowest BCUT2D eigenvalue weighted by Gasteiger charge is -2.25. The van der Waals surface area contributed by atoms with Crippen molar-refractivity contribution in [2.45, 2.75) is 223 Å². The van der Waals surface area contributed by atoms with E-state index in [1.807, 2.05) is 290 Å². The maximum absolute atomic E-state index is 12.6. The first-order valence-electron chi connectivity index (χ1n) is 46.8. The van der Waals surface area contributed by atoms with Crippen molar-refractivity contribution in [3.63, 3.8) is 0 Å². The molecule has 1 aliphatic heterocycles. The number of rotatable bonds is 21. The Labute approximate surface area is 821 Å². The van der Waals surface area contributed by atoms with Gasteiger partial charge >= 0.3 is 6.15 Å². The quantitative estimate of drug-likeness (QED) is 0.0168. The first kappa shape index (κ1) is 117. The van der Waals surface area contributed by atoms with Crippen molar-refractivity contribution in [3.05, 3.63) is 369 Å². The Hall–Kier alpha value is -14.0. The maximum atomic E-state index is 12.6. The van der Waals surface area contributed by atoms with Crippen LogP contribution in [0.5, 0.6) is 17.2 Å².